The highest BCUT2D eigenvalue weighted by Crippen LogP contribution is 2.16. The minimum atomic E-state index is -0.228. The number of methoxy groups -OCH3 is 1. The molecule has 3 N–H and O–H groups in total. The van der Waals surface area contributed by atoms with Crippen molar-refractivity contribution in [3.05, 3.63) is 66.0 Å². The van der Waals surface area contributed by atoms with Gasteiger partial charge in [0, 0.05) is 31.5 Å². The first-order chi connectivity index (χ1) is 12.2. The molecule has 2 aromatic heterocycles. The molecule has 2 amide bonds. The molecule has 128 valence electrons. The maximum absolute atomic E-state index is 11.9. The molecule has 0 bridgehead atoms. The van der Waals surface area contributed by atoms with Crippen molar-refractivity contribution in [1.29, 1.82) is 0 Å². The maximum Gasteiger partial charge on any atom is 0.315 e. The van der Waals surface area contributed by atoms with E-state index >= 15 is 0 Å². The minimum absolute atomic E-state index is 0.228. The summed E-state index contributed by atoms with van der Waals surface area (Å²) in [5.74, 6) is 0.548. The van der Waals surface area contributed by atoms with Gasteiger partial charge in [-0.2, -0.15) is 5.10 Å². The fourth-order valence-corrected chi connectivity index (χ4v) is 2.28. The monoisotopic (exact) mass is 337 g/mol. The smallest absolute Gasteiger partial charge is 0.315 e. The molecule has 3 rings (SSSR count). The summed E-state index contributed by atoms with van der Waals surface area (Å²) in [7, 11) is 1.56. The van der Waals surface area contributed by atoms with Gasteiger partial charge in [-0.05, 0) is 22.8 Å². The minimum Gasteiger partial charge on any atom is -0.481 e. The van der Waals surface area contributed by atoms with Gasteiger partial charge in [0.05, 0.1) is 12.8 Å². The number of carbonyl (C=O) groups excluding carboxylic acids is 1. The second-order valence-electron chi connectivity index (χ2n) is 5.41. The number of carbonyl (C=O) groups is 1. The van der Waals surface area contributed by atoms with Crippen LogP contribution in [0.25, 0.3) is 11.3 Å². The normalized spacial score (nSPS) is 10.3. The van der Waals surface area contributed by atoms with Crippen molar-refractivity contribution in [2.75, 3.05) is 7.11 Å². The number of hydrogen-bond donors (Lipinski definition) is 3. The van der Waals surface area contributed by atoms with Crippen LogP contribution in [0, 0.1) is 0 Å². The van der Waals surface area contributed by atoms with Crippen molar-refractivity contribution in [2.24, 2.45) is 0 Å². The molecule has 25 heavy (non-hydrogen) atoms. The van der Waals surface area contributed by atoms with Gasteiger partial charge in [-0.1, -0.05) is 30.3 Å². The van der Waals surface area contributed by atoms with E-state index in [1.807, 2.05) is 36.4 Å². The molecule has 3 aromatic rings. The highest BCUT2D eigenvalue weighted by atomic mass is 16.5. The van der Waals surface area contributed by atoms with Crippen molar-refractivity contribution < 1.29 is 9.53 Å². The summed E-state index contributed by atoms with van der Waals surface area (Å²) in [6.07, 6.45) is 3.39. The standard InChI is InChI=1S/C18H19N5O2/c1-25-17-7-4-14(11-19-17)12-21-18(24)20-10-13-2-5-15(6-3-13)16-8-9-22-23-16/h2-9,11H,10,12H2,1H3,(H,22,23)(H2,20,21,24). The van der Waals surface area contributed by atoms with Gasteiger partial charge in [-0.3, -0.25) is 5.10 Å². The molecule has 0 aliphatic rings. The van der Waals surface area contributed by atoms with E-state index in [0.717, 1.165) is 22.4 Å². The van der Waals surface area contributed by atoms with E-state index in [9.17, 15) is 4.79 Å². The van der Waals surface area contributed by atoms with Gasteiger partial charge in [-0.15, -0.1) is 0 Å². The number of urea groups is 1. The molecule has 2 heterocycles. The number of amides is 2. The fraction of sp³-hybridized carbons (Fsp3) is 0.167. The third-order valence-electron chi connectivity index (χ3n) is 3.68. The summed E-state index contributed by atoms with van der Waals surface area (Å²) in [4.78, 5) is 16.0. The number of H-pyrrole nitrogens is 1. The zero-order chi connectivity index (χ0) is 17.5. The summed E-state index contributed by atoms with van der Waals surface area (Å²) in [5, 5.41) is 12.5. The zero-order valence-corrected chi connectivity index (χ0v) is 13.8. The van der Waals surface area contributed by atoms with Crippen molar-refractivity contribution in [3.63, 3.8) is 0 Å². The molecule has 0 aliphatic heterocycles. The maximum atomic E-state index is 11.9. The molecule has 7 nitrogen and oxygen atoms in total. The zero-order valence-electron chi connectivity index (χ0n) is 13.8. The SMILES string of the molecule is COc1ccc(CNC(=O)NCc2ccc(-c3ccn[nH]3)cc2)cn1. The Bertz CT molecular complexity index is 798. The number of rotatable bonds is 6. The number of hydrogen-bond acceptors (Lipinski definition) is 4. The average molecular weight is 337 g/mol. The molecule has 0 fully saturated rings. The Balaban J connectivity index is 1.45. The summed E-state index contributed by atoms with van der Waals surface area (Å²) in [5.41, 5.74) is 3.94. The Morgan fingerprint density at radius 1 is 1.04 bits per heavy atom. The van der Waals surface area contributed by atoms with E-state index in [1.165, 1.54) is 0 Å². The van der Waals surface area contributed by atoms with E-state index in [0.29, 0.717) is 19.0 Å². The molecule has 1 aromatic carbocycles. The Kier molecular flexibility index (Phi) is 5.26. The molecular weight excluding hydrogens is 318 g/mol. The van der Waals surface area contributed by atoms with Crippen LogP contribution in [-0.4, -0.2) is 28.3 Å². The van der Waals surface area contributed by atoms with Crippen LogP contribution in [-0.2, 0) is 13.1 Å². The van der Waals surface area contributed by atoms with Gasteiger partial charge in [0.15, 0.2) is 0 Å². The fourth-order valence-electron chi connectivity index (χ4n) is 2.28. The molecule has 0 saturated heterocycles. The van der Waals surface area contributed by atoms with Gasteiger partial charge >= 0.3 is 6.03 Å². The summed E-state index contributed by atoms with van der Waals surface area (Å²) < 4.78 is 5.00. The van der Waals surface area contributed by atoms with Gasteiger partial charge in [0.2, 0.25) is 5.88 Å². The van der Waals surface area contributed by atoms with Gasteiger partial charge in [-0.25, -0.2) is 9.78 Å². The van der Waals surface area contributed by atoms with Crippen LogP contribution < -0.4 is 15.4 Å². The Hall–Kier alpha value is -3.35. The molecule has 0 unspecified atom stereocenters. The largest absolute Gasteiger partial charge is 0.481 e. The van der Waals surface area contributed by atoms with Crippen LogP contribution >= 0.6 is 0 Å². The van der Waals surface area contributed by atoms with Crippen LogP contribution in [0.15, 0.2) is 54.9 Å². The van der Waals surface area contributed by atoms with Crippen LogP contribution in [0.1, 0.15) is 11.1 Å². The number of ether oxygens (including phenoxy) is 1. The average Bonchev–Trinajstić information content (AvgIpc) is 3.20. The van der Waals surface area contributed by atoms with Gasteiger partial charge < -0.3 is 15.4 Å². The predicted octanol–water partition coefficient (Wildman–Crippen LogP) is 2.48. The van der Waals surface area contributed by atoms with Crippen LogP contribution in [0.3, 0.4) is 0 Å². The Labute approximate surface area is 145 Å². The molecule has 0 radical (unpaired) electrons. The highest BCUT2D eigenvalue weighted by molar-refractivity contribution is 5.73. The second kappa shape index (κ2) is 7.96. The van der Waals surface area contributed by atoms with E-state index in [4.69, 9.17) is 4.74 Å². The molecular formula is C18H19N5O2. The first-order valence-corrected chi connectivity index (χ1v) is 7.84. The second-order valence-corrected chi connectivity index (χ2v) is 5.41. The van der Waals surface area contributed by atoms with E-state index < -0.39 is 0 Å². The lowest BCUT2D eigenvalue weighted by Gasteiger charge is -2.08. The van der Waals surface area contributed by atoms with Gasteiger partial charge in [0.1, 0.15) is 0 Å². The number of nitrogens with one attached hydrogen (secondary N) is 3. The third-order valence-corrected chi connectivity index (χ3v) is 3.68. The number of pyridine rings is 1. The highest BCUT2D eigenvalue weighted by Gasteiger charge is 2.03. The first-order valence-electron chi connectivity index (χ1n) is 7.84. The molecule has 0 aliphatic carbocycles. The molecule has 7 heteroatoms. The van der Waals surface area contributed by atoms with Crippen molar-refractivity contribution in [1.82, 2.24) is 25.8 Å². The van der Waals surface area contributed by atoms with Crippen molar-refractivity contribution in [3.8, 4) is 17.1 Å². The van der Waals surface area contributed by atoms with E-state index in [2.05, 4.69) is 25.8 Å². The predicted molar refractivity (Wildman–Crippen MR) is 93.9 cm³/mol. The number of benzene rings is 1. The summed E-state index contributed by atoms with van der Waals surface area (Å²) in [6.45, 7) is 0.859. The molecule has 0 saturated carbocycles. The first kappa shape index (κ1) is 16.5. The summed E-state index contributed by atoms with van der Waals surface area (Å²) in [6, 6.07) is 13.2. The van der Waals surface area contributed by atoms with Gasteiger partial charge in [0.25, 0.3) is 0 Å². The Morgan fingerprint density at radius 3 is 2.36 bits per heavy atom. The number of nitrogens with zero attached hydrogens (tertiary/aromatic N) is 2. The third kappa shape index (κ3) is 4.57. The number of aromatic nitrogens is 3. The topological polar surface area (TPSA) is 91.9 Å². The lowest BCUT2D eigenvalue weighted by atomic mass is 10.1. The quantitative estimate of drug-likeness (QED) is 0.644. The van der Waals surface area contributed by atoms with Crippen molar-refractivity contribution >= 4 is 6.03 Å². The summed E-state index contributed by atoms with van der Waals surface area (Å²) >= 11 is 0. The lowest BCUT2D eigenvalue weighted by molar-refractivity contribution is 0.240. The van der Waals surface area contributed by atoms with E-state index in [1.54, 1.807) is 25.6 Å². The molecule has 0 spiro atoms. The number of aromatic amines is 1. The van der Waals surface area contributed by atoms with Crippen LogP contribution in [0.4, 0.5) is 4.79 Å². The van der Waals surface area contributed by atoms with E-state index in [-0.39, 0.29) is 6.03 Å². The lowest BCUT2D eigenvalue weighted by Crippen LogP contribution is -2.34. The van der Waals surface area contributed by atoms with Crippen LogP contribution in [0.5, 0.6) is 5.88 Å². The van der Waals surface area contributed by atoms with Crippen LogP contribution in [0.2, 0.25) is 0 Å². The van der Waals surface area contributed by atoms with Crippen molar-refractivity contribution in [2.45, 2.75) is 13.1 Å². The Morgan fingerprint density at radius 2 is 1.76 bits per heavy atom. The molecule has 0 atom stereocenters.